The second-order valence-electron chi connectivity index (χ2n) is 5.65. The number of benzene rings is 3. The summed E-state index contributed by atoms with van der Waals surface area (Å²) in [6.07, 6.45) is 1.43. The third-order valence-corrected chi connectivity index (χ3v) is 4.14. The van der Waals surface area contributed by atoms with Crippen molar-refractivity contribution in [1.82, 2.24) is 0 Å². The molecule has 1 aliphatic heterocycles. The van der Waals surface area contributed by atoms with Crippen LogP contribution in [0.25, 0.3) is 10.8 Å². The van der Waals surface area contributed by atoms with Gasteiger partial charge in [-0.05, 0) is 35.7 Å². The van der Waals surface area contributed by atoms with Gasteiger partial charge in [-0.2, -0.15) is 0 Å². The first-order chi connectivity index (χ1) is 11.6. The Hall–Kier alpha value is -3.14. The van der Waals surface area contributed by atoms with Gasteiger partial charge < -0.3 is 9.64 Å². The molecular weight excluding hydrogens is 305 g/mol. The molecule has 0 saturated heterocycles. The fourth-order valence-electron chi connectivity index (χ4n) is 2.83. The molecule has 3 nitrogen and oxygen atoms in total. The molecule has 0 N–H and O–H groups in total. The van der Waals surface area contributed by atoms with E-state index >= 15 is 0 Å². The van der Waals surface area contributed by atoms with Crippen LogP contribution in [0.5, 0.6) is 5.75 Å². The summed E-state index contributed by atoms with van der Waals surface area (Å²) in [4.78, 5) is 14.2. The summed E-state index contributed by atoms with van der Waals surface area (Å²) in [5.41, 5.74) is 1.33. The Labute approximate surface area is 138 Å². The first kappa shape index (κ1) is 14.5. The Balaban J connectivity index is 1.72. The number of carbonyl (C=O) groups is 1. The van der Waals surface area contributed by atoms with Crippen molar-refractivity contribution in [3.63, 3.8) is 0 Å². The van der Waals surface area contributed by atoms with Crippen molar-refractivity contribution in [2.75, 3.05) is 11.9 Å². The number of ether oxygens (including phenoxy) is 1. The van der Waals surface area contributed by atoms with Crippen LogP contribution in [-0.4, -0.2) is 12.8 Å². The lowest BCUT2D eigenvalue weighted by atomic mass is 10.1. The summed E-state index contributed by atoms with van der Waals surface area (Å²) >= 11 is 0. The molecule has 0 radical (unpaired) electrons. The van der Waals surface area contributed by atoms with Crippen molar-refractivity contribution in [3.8, 4) is 5.75 Å². The third kappa shape index (κ3) is 2.33. The molecule has 4 heteroatoms. The van der Waals surface area contributed by atoms with Gasteiger partial charge >= 0.3 is 0 Å². The summed E-state index contributed by atoms with van der Waals surface area (Å²) in [6, 6.07) is 17.4. The van der Waals surface area contributed by atoms with E-state index in [4.69, 9.17) is 4.74 Å². The summed E-state index contributed by atoms with van der Waals surface area (Å²) in [5, 5.41) is 2.08. The highest BCUT2D eigenvalue weighted by atomic mass is 19.1. The maximum absolute atomic E-state index is 13.0. The van der Waals surface area contributed by atoms with Gasteiger partial charge in [0.1, 0.15) is 5.82 Å². The van der Waals surface area contributed by atoms with Crippen LogP contribution < -0.4 is 9.64 Å². The molecule has 4 rings (SSSR count). The van der Waals surface area contributed by atoms with E-state index in [9.17, 15) is 9.18 Å². The van der Waals surface area contributed by atoms with Gasteiger partial charge in [-0.1, -0.05) is 30.3 Å². The molecule has 0 amide bonds. The summed E-state index contributed by atoms with van der Waals surface area (Å²) in [6.45, 7) is 0. The lowest BCUT2D eigenvalue weighted by Gasteiger charge is -2.10. The van der Waals surface area contributed by atoms with E-state index in [0.717, 1.165) is 22.2 Å². The lowest BCUT2D eigenvalue weighted by molar-refractivity contribution is 0.104. The molecule has 0 atom stereocenters. The largest absolute Gasteiger partial charge is 0.438 e. The van der Waals surface area contributed by atoms with E-state index in [1.807, 2.05) is 48.3 Å². The minimum atomic E-state index is -0.368. The van der Waals surface area contributed by atoms with E-state index in [-0.39, 0.29) is 11.6 Å². The third-order valence-electron chi connectivity index (χ3n) is 4.14. The van der Waals surface area contributed by atoms with E-state index in [1.165, 1.54) is 30.3 Å². The Morgan fingerprint density at radius 1 is 1.04 bits per heavy atom. The van der Waals surface area contributed by atoms with Crippen LogP contribution in [0.2, 0.25) is 0 Å². The molecule has 0 aromatic heterocycles. The number of allylic oxidation sites excluding steroid dienone is 1. The van der Waals surface area contributed by atoms with Crippen molar-refractivity contribution in [2.45, 2.75) is 0 Å². The van der Waals surface area contributed by atoms with Crippen LogP contribution >= 0.6 is 0 Å². The minimum absolute atomic E-state index is 0.228. The van der Waals surface area contributed by atoms with Gasteiger partial charge in [-0.3, -0.25) is 4.79 Å². The fraction of sp³-hybridized carbons (Fsp3) is 0.0500. The van der Waals surface area contributed by atoms with Gasteiger partial charge in [0.25, 0.3) is 0 Å². The van der Waals surface area contributed by atoms with Crippen LogP contribution in [-0.2, 0) is 0 Å². The highest BCUT2D eigenvalue weighted by Gasteiger charge is 2.25. The average molecular weight is 319 g/mol. The van der Waals surface area contributed by atoms with Crippen molar-refractivity contribution in [2.24, 2.45) is 0 Å². The first-order valence-corrected chi connectivity index (χ1v) is 7.58. The number of ketones is 1. The molecule has 24 heavy (non-hydrogen) atoms. The Morgan fingerprint density at radius 2 is 1.79 bits per heavy atom. The van der Waals surface area contributed by atoms with Crippen molar-refractivity contribution < 1.29 is 13.9 Å². The quantitative estimate of drug-likeness (QED) is 0.513. The molecule has 0 saturated carbocycles. The zero-order valence-electron chi connectivity index (χ0n) is 13.0. The minimum Gasteiger partial charge on any atom is -0.438 e. The van der Waals surface area contributed by atoms with Crippen LogP contribution in [0.1, 0.15) is 10.4 Å². The Kier molecular flexibility index (Phi) is 3.31. The van der Waals surface area contributed by atoms with E-state index in [2.05, 4.69) is 0 Å². The number of nitrogens with zero attached hydrogens (tertiary/aromatic N) is 1. The average Bonchev–Trinajstić information content (AvgIpc) is 2.92. The van der Waals surface area contributed by atoms with Gasteiger partial charge in [0.2, 0.25) is 5.88 Å². The van der Waals surface area contributed by atoms with Gasteiger partial charge in [0.15, 0.2) is 11.5 Å². The molecule has 118 valence electrons. The maximum Gasteiger partial charge on any atom is 0.204 e. The number of rotatable bonds is 2. The Bertz CT molecular complexity index is 977. The maximum atomic E-state index is 13.0. The number of anilines is 1. The highest BCUT2D eigenvalue weighted by Crippen LogP contribution is 2.43. The van der Waals surface area contributed by atoms with Gasteiger partial charge in [-0.15, -0.1) is 0 Å². The molecule has 0 aliphatic carbocycles. The van der Waals surface area contributed by atoms with E-state index in [1.54, 1.807) is 0 Å². The van der Waals surface area contributed by atoms with Crippen molar-refractivity contribution >= 4 is 22.2 Å². The second kappa shape index (κ2) is 5.49. The van der Waals surface area contributed by atoms with Crippen LogP contribution in [0.15, 0.2) is 72.6 Å². The van der Waals surface area contributed by atoms with Gasteiger partial charge in [-0.25, -0.2) is 4.39 Å². The zero-order chi connectivity index (χ0) is 16.7. The molecule has 0 spiro atoms. The fourth-order valence-corrected chi connectivity index (χ4v) is 2.83. The predicted octanol–water partition coefficient (Wildman–Crippen LogP) is 4.53. The van der Waals surface area contributed by atoms with Crippen LogP contribution in [0.4, 0.5) is 10.1 Å². The number of hydrogen-bond donors (Lipinski definition) is 0. The molecular formula is C20H14FNO2. The van der Waals surface area contributed by atoms with Crippen molar-refractivity contribution in [1.29, 1.82) is 0 Å². The lowest BCUT2D eigenvalue weighted by Crippen LogP contribution is -2.15. The molecule has 3 aromatic rings. The summed E-state index contributed by atoms with van der Waals surface area (Å²) in [7, 11) is 1.85. The smallest absolute Gasteiger partial charge is 0.204 e. The highest BCUT2D eigenvalue weighted by molar-refractivity contribution is 6.05. The number of fused-ring (bicyclic) bond motifs is 3. The van der Waals surface area contributed by atoms with Gasteiger partial charge in [0, 0.05) is 24.1 Å². The van der Waals surface area contributed by atoms with Crippen molar-refractivity contribution in [3.05, 3.63) is 84.0 Å². The molecule has 1 aliphatic rings. The molecule has 3 aromatic carbocycles. The van der Waals surface area contributed by atoms with E-state index < -0.39 is 0 Å². The second-order valence-corrected chi connectivity index (χ2v) is 5.65. The summed E-state index contributed by atoms with van der Waals surface area (Å²) in [5.74, 6) is 0.603. The normalized spacial score (nSPS) is 14.8. The topological polar surface area (TPSA) is 29.5 Å². The molecule has 1 heterocycles. The monoisotopic (exact) mass is 319 g/mol. The molecule has 0 bridgehead atoms. The molecule has 0 fully saturated rings. The standard InChI is InChI=1S/C20H14FNO2/c1-22-17-11-8-13-4-2-3-5-16(13)20(17)24-19(22)12-18(23)14-6-9-15(21)10-7-14/h2-12H,1H3. The summed E-state index contributed by atoms with van der Waals surface area (Å²) < 4.78 is 18.9. The zero-order valence-corrected chi connectivity index (χ0v) is 13.0. The SMILES string of the molecule is CN1C(=CC(=O)c2ccc(F)cc2)Oc2c1ccc1ccccc21. The predicted molar refractivity (Wildman–Crippen MR) is 91.8 cm³/mol. The van der Waals surface area contributed by atoms with E-state index in [0.29, 0.717) is 11.4 Å². The van der Waals surface area contributed by atoms with Crippen LogP contribution in [0, 0.1) is 5.82 Å². The van der Waals surface area contributed by atoms with Gasteiger partial charge in [0.05, 0.1) is 5.69 Å². The van der Waals surface area contributed by atoms with Crippen LogP contribution in [0.3, 0.4) is 0 Å². The number of carbonyl (C=O) groups excluding carboxylic acids is 1. The number of hydrogen-bond acceptors (Lipinski definition) is 3. The number of halogens is 1. The first-order valence-electron chi connectivity index (χ1n) is 7.58. The molecule has 0 unspecified atom stereocenters. The Morgan fingerprint density at radius 3 is 2.58 bits per heavy atom.